The molecule has 0 aromatic heterocycles. The molecule has 3 amide bonds. The third kappa shape index (κ3) is 4.73. The quantitative estimate of drug-likeness (QED) is 0.691. The van der Waals surface area contributed by atoms with E-state index in [0.717, 1.165) is 27.3 Å². The number of aryl methyl sites for hydroxylation is 3. The number of hydrogen-bond donors (Lipinski definition) is 1. The number of anilines is 2. The van der Waals surface area contributed by atoms with Crippen LogP contribution in [0.2, 0.25) is 5.02 Å². The van der Waals surface area contributed by atoms with Gasteiger partial charge in [-0.2, -0.15) is 0 Å². The molecular weight excluding hydrogens is 418 g/mol. The van der Waals surface area contributed by atoms with E-state index >= 15 is 0 Å². The van der Waals surface area contributed by atoms with Gasteiger partial charge in [-0.3, -0.25) is 19.3 Å². The van der Waals surface area contributed by atoms with Crippen LogP contribution in [0.4, 0.5) is 11.4 Å². The molecule has 164 valence electrons. The smallest absolute Gasteiger partial charge is 0.251 e. The fourth-order valence-electron chi connectivity index (χ4n) is 3.94. The molecule has 0 bridgehead atoms. The number of nitrogens with one attached hydrogen (secondary N) is 1. The van der Waals surface area contributed by atoms with Gasteiger partial charge in [0.15, 0.2) is 0 Å². The Labute approximate surface area is 186 Å². The number of ether oxygens (including phenoxy) is 1. The fraction of sp³-hybridized carbons (Fsp3) is 0.348. The lowest BCUT2D eigenvalue weighted by molar-refractivity contribution is -0.123. The Hall–Kier alpha value is -2.90. The van der Waals surface area contributed by atoms with Crippen LogP contribution >= 0.6 is 11.6 Å². The molecule has 31 heavy (non-hydrogen) atoms. The lowest BCUT2D eigenvalue weighted by atomic mass is 10.1. The Kier molecular flexibility index (Phi) is 6.67. The van der Waals surface area contributed by atoms with Crippen LogP contribution in [-0.2, 0) is 14.4 Å². The van der Waals surface area contributed by atoms with E-state index in [1.54, 1.807) is 24.1 Å². The van der Waals surface area contributed by atoms with Crippen LogP contribution in [-0.4, -0.2) is 49.4 Å². The SMILES string of the molecule is COc1ccc(Cl)cc1N1C(=O)C[C@@H](N(C)CC(=O)Nc2c(C)cc(C)cc2C)C1=O. The zero-order valence-electron chi connectivity index (χ0n) is 18.3. The highest BCUT2D eigenvalue weighted by Gasteiger charge is 2.43. The topological polar surface area (TPSA) is 79.0 Å². The molecule has 2 aromatic rings. The van der Waals surface area contributed by atoms with E-state index in [4.69, 9.17) is 16.3 Å². The van der Waals surface area contributed by atoms with Gasteiger partial charge in [0.1, 0.15) is 5.75 Å². The minimum atomic E-state index is -0.748. The van der Waals surface area contributed by atoms with Crippen LogP contribution in [0.1, 0.15) is 23.1 Å². The van der Waals surface area contributed by atoms with E-state index in [-0.39, 0.29) is 24.8 Å². The lowest BCUT2D eigenvalue weighted by Crippen LogP contribution is -2.43. The van der Waals surface area contributed by atoms with Crippen molar-refractivity contribution in [3.63, 3.8) is 0 Å². The lowest BCUT2D eigenvalue weighted by Gasteiger charge is -2.23. The zero-order valence-corrected chi connectivity index (χ0v) is 19.0. The van der Waals surface area contributed by atoms with Crippen molar-refractivity contribution in [2.75, 3.05) is 30.9 Å². The van der Waals surface area contributed by atoms with Gasteiger partial charge in [0, 0.05) is 10.7 Å². The number of halogens is 1. The first-order chi connectivity index (χ1) is 14.6. The number of imide groups is 1. The van der Waals surface area contributed by atoms with Crippen molar-refractivity contribution < 1.29 is 19.1 Å². The Morgan fingerprint density at radius 3 is 2.45 bits per heavy atom. The highest BCUT2D eigenvalue weighted by atomic mass is 35.5. The van der Waals surface area contributed by atoms with Crippen LogP contribution in [0.25, 0.3) is 0 Å². The van der Waals surface area contributed by atoms with Crippen molar-refractivity contribution in [2.45, 2.75) is 33.2 Å². The third-order valence-electron chi connectivity index (χ3n) is 5.37. The highest BCUT2D eigenvalue weighted by molar-refractivity contribution is 6.31. The summed E-state index contributed by atoms with van der Waals surface area (Å²) in [7, 11) is 3.11. The van der Waals surface area contributed by atoms with Gasteiger partial charge in [-0.05, 0) is 57.1 Å². The molecule has 1 aliphatic rings. The van der Waals surface area contributed by atoms with Gasteiger partial charge in [-0.25, -0.2) is 4.90 Å². The molecular formula is C23H26ClN3O4. The summed E-state index contributed by atoms with van der Waals surface area (Å²) in [6.45, 7) is 5.85. The van der Waals surface area contributed by atoms with Crippen LogP contribution < -0.4 is 15.0 Å². The maximum atomic E-state index is 13.1. The van der Waals surface area contributed by atoms with E-state index in [2.05, 4.69) is 5.32 Å². The van der Waals surface area contributed by atoms with Crippen LogP contribution in [0.5, 0.6) is 5.75 Å². The number of amides is 3. The molecule has 1 fully saturated rings. The highest BCUT2D eigenvalue weighted by Crippen LogP contribution is 2.35. The first-order valence-electron chi connectivity index (χ1n) is 9.90. The number of benzene rings is 2. The number of rotatable bonds is 6. The Bertz CT molecular complexity index is 1030. The van der Waals surface area contributed by atoms with Crippen molar-refractivity contribution in [3.05, 3.63) is 52.0 Å². The van der Waals surface area contributed by atoms with Crippen molar-refractivity contribution in [1.82, 2.24) is 4.90 Å². The minimum absolute atomic E-state index is 0.0269. The van der Waals surface area contributed by atoms with E-state index in [0.29, 0.717) is 16.5 Å². The monoisotopic (exact) mass is 443 g/mol. The summed E-state index contributed by atoms with van der Waals surface area (Å²) in [4.78, 5) is 41.0. The van der Waals surface area contributed by atoms with Gasteiger partial charge in [0.05, 0.1) is 31.8 Å². The van der Waals surface area contributed by atoms with Gasteiger partial charge < -0.3 is 10.1 Å². The summed E-state index contributed by atoms with van der Waals surface area (Å²) < 4.78 is 5.28. The third-order valence-corrected chi connectivity index (χ3v) is 5.61. The Morgan fingerprint density at radius 1 is 1.19 bits per heavy atom. The van der Waals surface area contributed by atoms with E-state index in [1.807, 2.05) is 32.9 Å². The molecule has 8 heteroatoms. The van der Waals surface area contributed by atoms with Gasteiger partial charge in [0.2, 0.25) is 11.8 Å². The summed E-state index contributed by atoms with van der Waals surface area (Å²) in [5.74, 6) is -0.661. The number of carbonyl (C=O) groups is 3. The number of nitrogens with zero attached hydrogens (tertiary/aromatic N) is 2. The molecule has 0 aliphatic carbocycles. The molecule has 0 radical (unpaired) electrons. The maximum Gasteiger partial charge on any atom is 0.251 e. The standard InChI is InChI=1S/C23H26ClN3O4/c1-13-8-14(2)22(15(3)9-13)25-20(28)12-26(4)18-11-21(29)27(23(18)30)17-10-16(24)6-7-19(17)31-5/h6-10,18H,11-12H2,1-5H3,(H,25,28)/t18-/m1/s1. The number of carbonyl (C=O) groups excluding carboxylic acids is 3. The maximum absolute atomic E-state index is 13.1. The van der Waals surface area contributed by atoms with Gasteiger partial charge in [-0.1, -0.05) is 29.3 Å². The predicted molar refractivity (Wildman–Crippen MR) is 121 cm³/mol. The zero-order chi connectivity index (χ0) is 22.9. The molecule has 0 saturated carbocycles. The molecule has 1 saturated heterocycles. The fourth-order valence-corrected chi connectivity index (χ4v) is 4.11. The van der Waals surface area contributed by atoms with Gasteiger partial charge in [-0.15, -0.1) is 0 Å². The number of likely N-dealkylation sites (N-methyl/N-ethyl adjacent to an activating group) is 1. The average molecular weight is 444 g/mol. The van der Waals surface area contributed by atoms with Crippen LogP contribution in [0, 0.1) is 20.8 Å². The Balaban J connectivity index is 1.74. The summed E-state index contributed by atoms with van der Waals surface area (Å²) in [6, 6.07) is 8.01. The summed E-state index contributed by atoms with van der Waals surface area (Å²) in [5.41, 5.74) is 4.13. The summed E-state index contributed by atoms with van der Waals surface area (Å²) >= 11 is 6.06. The first kappa shape index (κ1) is 22.8. The first-order valence-corrected chi connectivity index (χ1v) is 10.3. The van der Waals surface area contributed by atoms with Crippen molar-refractivity contribution in [1.29, 1.82) is 0 Å². The van der Waals surface area contributed by atoms with Crippen molar-refractivity contribution in [3.8, 4) is 5.75 Å². The van der Waals surface area contributed by atoms with Gasteiger partial charge >= 0.3 is 0 Å². The van der Waals surface area contributed by atoms with Gasteiger partial charge in [0.25, 0.3) is 5.91 Å². The van der Waals surface area contributed by atoms with E-state index < -0.39 is 11.9 Å². The van der Waals surface area contributed by atoms with Crippen LogP contribution in [0.3, 0.4) is 0 Å². The second-order valence-corrected chi connectivity index (χ2v) is 8.28. The molecule has 1 atom stereocenters. The molecule has 3 rings (SSSR count). The molecule has 0 spiro atoms. The molecule has 2 aromatic carbocycles. The molecule has 1 aliphatic heterocycles. The second kappa shape index (κ2) is 9.08. The summed E-state index contributed by atoms with van der Waals surface area (Å²) in [5, 5.41) is 3.31. The molecule has 7 nitrogen and oxygen atoms in total. The average Bonchev–Trinajstić information content (AvgIpc) is 2.98. The molecule has 1 heterocycles. The molecule has 0 unspecified atom stereocenters. The van der Waals surface area contributed by atoms with E-state index in [1.165, 1.54) is 13.2 Å². The molecule has 1 N–H and O–H groups in total. The largest absolute Gasteiger partial charge is 0.495 e. The predicted octanol–water partition coefficient (Wildman–Crippen LogP) is 3.48. The normalized spacial score (nSPS) is 16.2. The van der Waals surface area contributed by atoms with E-state index in [9.17, 15) is 14.4 Å². The van der Waals surface area contributed by atoms with Crippen molar-refractivity contribution >= 4 is 40.7 Å². The second-order valence-electron chi connectivity index (χ2n) is 7.84. The Morgan fingerprint density at radius 2 is 1.84 bits per heavy atom. The number of methoxy groups -OCH3 is 1. The number of hydrogen-bond acceptors (Lipinski definition) is 5. The van der Waals surface area contributed by atoms with Crippen LogP contribution in [0.15, 0.2) is 30.3 Å². The van der Waals surface area contributed by atoms with Crippen molar-refractivity contribution in [2.24, 2.45) is 0 Å². The summed E-state index contributed by atoms with van der Waals surface area (Å²) in [6.07, 6.45) is -0.0269. The minimum Gasteiger partial charge on any atom is -0.495 e.